The molecule has 1 aromatic rings. The number of primary sulfonamides is 1. The minimum Gasteiger partial charge on any atom is -0.377 e. The molecule has 118 valence electrons. The number of nitrogens with two attached hydrogens (primary N) is 1. The molecule has 0 spiro atoms. The van der Waals surface area contributed by atoms with Gasteiger partial charge >= 0.3 is 0 Å². The minimum absolute atomic E-state index is 0.313. The lowest BCUT2D eigenvalue weighted by molar-refractivity contribution is 0.127. The van der Waals surface area contributed by atoms with Gasteiger partial charge in [-0.05, 0) is 31.0 Å². The highest BCUT2D eigenvalue weighted by Crippen LogP contribution is 2.21. The highest BCUT2D eigenvalue weighted by atomic mass is 32.2. The molecule has 1 aliphatic heterocycles. The molecule has 2 rings (SSSR count). The van der Waals surface area contributed by atoms with E-state index in [1.165, 1.54) is 0 Å². The Balaban J connectivity index is 2.21. The van der Waals surface area contributed by atoms with E-state index >= 15 is 0 Å². The van der Waals surface area contributed by atoms with Gasteiger partial charge in [0.15, 0.2) is 0 Å². The van der Waals surface area contributed by atoms with E-state index in [0.717, 1.165) is 24.6 Å². The van der Waals surface area contributed by atoms with Gasteiger partial charge in [-0.3, -0.25) is 4.72 Å². The maximum Gasteiger partial charge on any atom is 0.238 e. The summed E-state index contributed by atoms with van der Waals surface area (Å²) in [6.45, 7) is 0.495. The molecule has 0 radical (unpaired) electrons. The molecule has 10 heteroatoms. The quantitative estimate of drug-likeness (QED) is 0.806. The minimum atomic E-state index is -4.05. The number of sulfonamides is 2. The monoisotopic (exact) mass is 338 g/mol. The molecule has 1 saturated heterocycles. The first-order chi connectivity index (χ1) is 9.67. The molecular formula is C11H15FN2O5S2. The third-order valence-electron chi connectivity index (χ3n) is 2.96. The van der Waals surface area contributed by atoms with Crippen LogP contribution in [0.3, 0.4) is 0 Å². The number of anilines is 1. The zero-order chi connectivity index (χ0) is 15.7. The predicted molar refractivity (Wildman–Crippen MR) is 74.2 cm³/mol. The number of hydrogen-bond donors (Lipinski definition) is 2. The lowest BCUT2D eigenvalue weighted by Gasteiger charge is -2.13. The van der Waals surface area contributed by atoms with Crippen LogP contribution >= 0.6 is 0 Å². The number of rotatable bonds is 5. The molecule has 0 saturated carbocycles. The fourth-order valence-corrected chi connectivity index (χ4v) is 3.86. The van der Waals surface area contributed by atoms with Crippen LogP contribution in [0, 0.1) is 5.82 Å². The number of hydrogen-bond acceptors (Lipinski definition) is 5. The van der Waals surface area contributed by atoms with Crippen LogP contribution in [-0.2, 0) is 24.8 Å². The van der Waals surface area contributed by atoms with Gasteiger partial charge in [0.25, 0.3) is 0 Å². The molecule has 0 amide bonds. The number of benzene rings is 1. The van der Waals surface area contributed by atoms with Gasteiger partial charge in [-0.1, -0.05) is 0 Å². The summed E-state index contributed by atoms with van der Waals surface area (Å²) in [5.41, 5.74) is -0.459. The van der Waals surface area contributed by atoms with Crippen molar-refractivity contribution in [2.75, 3.05) is 17.1 Å². The Hall–Kier alpha value is -1.23. The molecule has 0 bridgehead atoms. The third-order valence-corrected chi connectivity index (χ3v) is 5.21. The zero-order valence-corrected chi connectivity index (χ0v) is 12.6. The second-order valence-corrected chi connectivity index (χ2v) is 8.03. The molecule has 3 N–H and O–H groups in total. The van der Waals surface area contributed by atoms with Crippen molar-refractivity contribution in [1.82, 2.24) is 0 Å². The predicted octanol–water partition coefficient (Wildman–Crippen LogP) is 0.394. The van der Waals surface area contributed by atoms with E-state index in [9.17, 15) is 21.2 Å². The van der Waals surface area contributed by atoms with Crippen LogP contribution in [0.25, 0.3) is 0 Å². The van der Waals surface area contributed by atoms with Gasteiger partial charge in [-0.25, -0.2) is 26.4 Å². The number of nitrogens with one attached hydrogen (secondary N) is 1. The lowest BCUT2D eigenvalue weighted by atomic mass is 10.3. The van der Waals surface area contributed by atoms with Crippen molar-refractivity contribution in [2.24, 2.45) is 5.14 Å². The standard InChI is InChI=1S/C11H15FN2O5S2/c12-10-4-3-9(21(13,17)18)6-11(10)14-20(15,16)7-8-2-1-5-19-8/h3-4,6,8,14H,1-2,5,7H2,(H2,13,17,18). The molecule has 1 heterocycles. The van der Waals surface area contributed by atoms with Crippen molar-refractivity contribution in [2.45, 2.75) is 23.8 Å². The fourth-order valence-electron chi connectivity index (χ4n) is 1.99. The molecule has 1 aromatic carbocycles. The van der Waals surface area contributed by atoms with E-state index in [2.05, 4.69) is 0 Å². The van der Waals surface area contributed by atoms with E-state index < -0.39 is 37.7 Å². The highest BCUT2D eigenvalue weighted by Gasteiger charge is 2.24. The fraction of sp³-hybridized carbons (Fsp3) is 0.455. The first-order valence-corrected chi connectivity index (χ1v) is 9.32. The Kier molecular flexibility index (Phi) is 4.51. The first-order valence-electron chi connectivity index (χ1n) is 6.12. The summed E-state index contributed by atoms with van der Waals surface area (Å²) in [6, 6.07) is 2.64. The Morgan fingerprint density at radius 3 is 2.62 bits per heavy atom. The molecule has 1 atom stereocenters. The zero-order valence-electron chi connectivity index (χ0n) is 11.0. The average molecular weight is 338 g/mol. The van der Waals surface area contributed by atoms with Crippen molar-refractivity contribution in [3.05, 3.63) is 24.0 Å². The second kappa shape index (κ2) is 5.87. The van der Waals surface area contributed by atoms with Crippen LogP contribution < -0.4 is 9.86 Å². The summed E-state index contributed by atoms with van der Waals surface area (Å²) in [6.07, 6.45) is 0.947. The van der Waals surface area contributed by atoms with Crippen LogP contribution in [0.15, 0.2) is 23.1 Å². The van der Waals surface area contributed by atoms with Crippen molar-refractivity contribution in [1.29, 1.82) is 0 Å². The first kappa shape index (κ1) is 16.1. The molecule has 0 aliphatic carbocycles. The Morgan fingerprint density at radius 2 is 2.05 bits per heavy atom. The van der Waals surface area contributed by atoms with E-state index in [1.54, 1.807) is 0 Å². The molecule has 1 aliphatic rings. The van der Waals surface area contributed by atoms with Crippen LogP contribution in [-0.4, -0.2) is 35.3 Å². The molecule has 7 nitrogen and oxygen atoms in total. The van der Waals surface area contributed by atoms with Crippen LogP contribution in [0.1, 0.15) is 12.8 Å². The maximum atomic E-state index is 13.6. The van der Waals surface area contributed by atoms with Gasteiger partial charge in [0, 0.05) is 6.61 Å². The van der Waals surface area contributed by atoms with Gasteiger partial charge in [0.2, 0.25) is 20.0 Å². The third kappa shape index (κ3) is 4.37. The van der Waals surface area contributed by atoms with Gasteiger partial charge in [0.05, 0.1) is 22.4 Å². The van der Waals surface area contributed by atoms with Crippen molar-refractivity contribution < 1.29 is 26.0 Å². The lowest BCUT2D eigenvalue weighted by Crippen LogP contribution is -2.26. The van der Waals surface area contributed by atoms with Gasteiger partial charge in [-0.2, -0.15) is 0 Å². The van der Waals surface area contributed by atoms with Gasteiger partial charge in [-0.15, -0.1) is 0 Å². The number of halogens is 1. The Morgan fingerprint density at radius 1 is 1.33 bits per heavy atom. The Labute approximate surface area is 122 Å². The largest absolute Gasteiger partial charge is 0.377 e. The summed E-state index contributed by atoms with van der Waals surface area (Å²) < 4.78 is 67.1. The topological polar surface area (TPSA) is 116 Å². The van der Waals surface area contributed by atoms with Gasteiger partial charge < -0.3 is 4.74 Å². The Bertz CT molecular complexity index is 727. The SMILES string of the molecule is NS(=O)(=O)c1ccc(F)c(NS(=O)(=O)CC2CCCO2)c1. The summed E-state index contributed by atoms with van der Waals surface area (Å²) in [5, 5.41) is 4.92. The summed E-state index contributed by atoms with van der Waals surface area (Å²) >= 11 is 0. The molecule has 1 fully saturated rings. The summed E-state index contributed by atoms with van der Waals surface area (Å²) in [4.78, 5) is -0.376. The van der Waals surface area contributed by atoms with E-state index in [-0.39, 0.29) is 10.6 Å². The maximum absolute atomic E-state index is 13.6. The smallest absolute Gasteiger partial charge is 0.238 e. The molecule has 0 aromatic heterocycles. The van der Waals surface area contributed by atoms with Crippen molar-refractivity contribution in [3.63, 3.8) is 0 Å². The summed E-state index contributed by atoms with van der Waals surface area (Å²) in [5.74, 6) is -1.20. The average Bonchev–Trinajstić information content (AvgIpc) is 2.82. The summed E-state index contributed by atoms with van der Waals surface area (Å²) in [7, 11) is -7.90. The highest BCUT2D eigenvalue weighted by molar-refractivity contribution is 7.92. The van der Waals surface area contributed by atoms with Gasteiger partial charge in [0.1, 0.15) is 5.82 Å². The van der Waals surface area contributed by atoms with E-state index in [1.807, 2.05) is 4.72 Å². The normalized spacial score (nSPS) is 19.6. The van der Waals surface area contributed by atoms with Crippen molar-refractivity contribution >= 4 is 25.7 Å². The van der Waals surface area contributed by atoms with Crippen LogP contribution in [0.5, 0.6) is 0 Å². The number of ether oxygens (including phenoxy) is 1. The molecule has 21 heavy (non-hydrogen) atoms. The van der Waals surface area contributed by atoms with Crippen LogP contribution in [0.4, 0.5) is 10.1 Å². The molecular weight excluding hydrogens is 323 g/mol. The molecule has 1 unspecified atom stereocenters. The van der Waals surface area contributed by atoms with E-state index in [4.69, 9.17) is 9.88 Å². The second-order valence-electron chi connectivity index (χ2n) is 4.71. The van der Waals surface area contributed by atoms with Crippen LogP contribution in [0.2, 0.25) is 0 Å². The van der Waals surface area contributed by atoms with Crippen molar-refractivity contribution in [3.8, 4) is 0 Å². The van der Waals surface area contributed by atoms with E-state index in [0.29, 0.717) is 13.0 Å².